The van der Waals surface area contributed by atoms with Gasteiger partial charge in [0.25, 0.3) is 0 Å². The van der Waals surface area contributed by atoms with Crippen molar-refractivity contribution in [1.82, 2.24) is 5.32 Å². The Labute approximate surface area is 86.3 Å². The van der Waals surface area contributed by atoms with Gasteiger partial charge in [-0.25, -0.2) is 8.78 Å². The Balaban J connectivity index is 2.13. The third kappa shape index (κ3) is 2.14. The van der Waals surface area contributed by atoms with Crippen LogP contribution in [0.5, 0.6) is 0 Å². The van der Waals surface area contributed by atoms with Crippen LogP contribution in [0, 0.1) is 17.6 Å². The lowest BCUT2D eigenvalue weighted by Gasteiger charge is -2.07. The van der Waals surface area contributed by atoms with Gasteiger partial charge in [-0.2, -0.15) is 0 Å². The largest absolute Gasteiger partial charge is 0.356 e. The van der Waals surface area contributed by atoms with E-state index in [-0.39, 0.29) is 11.8 Å². The van der Waals surface area contributed by atoms with E-state index in [1.54, 1.807) is 0 Å². The predicted octanol–water partition coefficient (Wildman–Crippen LogP) is 1.64. The number of rotatable bonds is 2. The fourth-order valence-corrected chi connectivity index (χ4v) is 1.79. The molecule has 0 radical (unpaired) electrons. The van der Waals surface area contributed by atoms with Crippen molar-refractivity contribution in [1.29, 1.82) is 0 Å². The molecule has 0 bridgehead atoms. The lowest BCUT2D eigenvalue weighted by atomic mass is 9.98. The van der Waals surface area contributed by atoms with Crippen LogP contribution in [-0.2, 0) is 11.2 Å². The van der Waals surface area contributed by atoms with E-state index in [9.17, 15) is 13.6 Å². The van der Waals surface area contributed by atoms with Crippen LogP contribution in [0.1, 0.15) is 12.0 Å². The molecule has 80 valence electrons. The Morgan fingerprint density at radius 2 is 2.20 bits per heavy atom. The first-order valence-electron chi connectivity index (χ1n) is 4.88. The fraction of sp³-hybridized carbons (Fsp3) is 0.364. The van der Waals surface area contributed by atoms with Gasteiger partial charge in [0, 0.05) is 18.5 Å². The third-order valence-corrected chi connectivity index (χ3v) is 2.64. The molecule has 1 amide bonds. The monoisotopic (exact) mass is 211 g/mol. The van der Waals surface area contributed by atoms with E-state index in [2.05, 4.69) is 5.32 Å². The normalized spacial score (nSPS) is 20.4. The van der Waals surface area contributed by atoms with Crippen molar-refractivity contribution in [2.45, 2.75) is 12.8 Å². The first kappa shape index (κ1) is 10.1. The summed E-state index contributed by atoms with van der Waals surface area (Å²) in [6.45, 7) is 0.645. The summed E-state index contributed by atoms with van der Waals surface area (Å²) >= 11 is 0. The van der Waals surface area contributed by atoms with Gasteiger partial charge in [-0.1, -0.05) is 6.07 Å². The van der Waals surface area contributed by atoms with E-state index in [1.807, 2.05) is 0 Å². The highest BCUT2D eigenvalue weighted by Gasteiger charge is 2.25. The predicted molar refractivity (Wildman–Crippen MR) is 51.2 cm³/mol. The van der Waals surface area contributed by atoms with Crippen molar-refractivity contribution in [3.63, 3.8) is 0 Å². The summed E-state index contributed by atoms with van der Waals surface area (Å²) in [4.78, 5) is 11.2. The van der Waals surface area contributed by atoms with Crippen molar-refractivity contribution in [3.8, 4) is 0 Å². The summed E-state index contributed by atoms with van der Waals surface area (Å²) in [5.74, 6) is -1.38. The van der Waals surface area contributed by atoms with Crippen LogP contribution in [0.15, 0.2) is 18.2 Å². The average Bonchev–Trinajstić information content (AvgIpc) is 2.57. The minimum absolute atomic E-state index is 0.0428. The highest BCUT2D eigenvalue weighted by atomic mass is 19.1. The minimum atomic E-state index is -0.591. The van der Waals surface area contributed by atoms with Crippen molar-refractivity contribution in [3.05, 3.63) is 35.4 Å². The van der Waals surface area contributed by atoms with Crippen LogP contribution in [-0.4, -0.2) is 12.5 Å². The second-order valence-corrected chi connectivity index (χ2v) is 3.72. The van der Waals surface area contributed by atoms with Gasteiger partial charge in [0.1, 0.15) is 11.6 Å². The van der Waals surface area contributed by atoms with Crippen molar-refractivity contribution in [2.24, 2.45) is 5.92 Å². The molecule has 0 spiro atoms. The number of hydrogen-bond donors (Lipinski definition) is 1. The molecule has 1 N–H and O–H groups in total. The molecule has 0 saturated carbocycles. The van der Waals surface area contributed by atoms with E-state index in [1.165, 1.54) is 12.1 Å². The Kier molecular flexibility index (Phi) is 2.66. The molecule has 1 saturated heterocycles. The minimum Gasteiger partial charge on any atom is -0.356 e. The molecule has 4 heteroatoms. The fourth-order valence-electron chi connectivity index (χ4n) is 1.79. The number of carbonyl (C=O) groups is 1. The number of hydrogen-bond acceptors (Lipinski definition) is 1. The summed E-state index contributed by atoms with van der Waals surface area (Å²) in [7, 11) is 0. The number of amides is 1. The number of halogens is 2. The van der Waals surface area contributed by atoms with Crippen molar-refractivity contribution in [2.75, 3.05) is 6.54 Å². The lowest BCUT2D eigenvalue weighted by Crippen LogP contribution is -2.20. The molecule has 1 atom stereocenters. The Morgan fingerprint density at radius 3 is 2.80 bits per heavy atom. The number of benzene rings is 1. The molecule has 1 aliphatic heterocycles. The summed E-state index contributed by atoms with van der Waals surface area (Å²) in [6, 6.07) is 3.46. The second kappa shape index (κ2) is 3.96. The number of nitrogens with one attached hydrogen (secondary N) is 1. The average molecular weight is 211 g/mol. The molecule has 1 aromatic rings. The van der Waals surface area contributed by atoms with Crippen LogP contribution in [0.2, 0.25) is 0 Å². The van der Waals surface area contributed by atoms with Crippen molar-refractivity contribution >= 4 is 5.91 Å². The van der Waals surface area contributed by atoms with Gasteiger partial charge in [0.2, 0.25) is 5.91 Å². The molecule has 2 nitrogen and oxygen atoms in total. The molecule has 1 heterocycles. The van der Waals surface area contributed by atoms with E-state index < -0.39 is 11.6 Å². The maximum atomic E-state index is 13.3. The van der Waals surface area contributed by atoms with Gasteiger partial charge < -0.3 is 5.32 Å². The maximum Gasteiger partial charge on any atom is 0.223 e. The van der Waals surface area contributed by atoms with Crippen molar-refractivity contribution < 1.29 is 13.6 Å². The van der Waals surface area contributed by atoms with Crippen LogP contribution in [0.3, 0.4) is 0 Å². The smallest absolute Gasteiger partial charge is 0.223 e. The Morgan fingerprint density at radius 1 is 1.40 bits per heavy atom. The molecule has 0 aromatic heterocycles. The van der Waals surface area contributed by atoms with Crippen LogP contribution in [0.25, 0.3) is 0 Å². The Hall–Kier alpha value is -1.45. The van der Waals surface area contributed by atoms with Gasteiger partial charge >= 0.3 is 0 Å². The van der Waals surface area contributed by atoms with E-state index in [0.29, 0.717) is 18.5 Å². The maximum absolute atomic E-state index is 13.3. The zero-order chi connectivity index (χ0) is 10.8. The first-order valence-corrected chi connectivity index (χ1v) is 4.88. The molecule has 2 rings (SSSR count). The van der Waals surface area contributed by atoms with Crippen LogP contribution < -0.4 is 5.32 Å². The zero-order valence-corrected chi connectivity index (χ0v) is 8.09. The molecular formula is C11H11F2NO. The van der Waals surface area contributed by atoms with Crippen LogP contribution in [0.4, 0.5) is 8.78 Å². The second-order valence-electron chi connectivity index (χ2n) is 3.72. The molecule has 0 aliphatic carbocycles. The van der Waals surface area contributed by atoms with E-state index >= 15 is 0 Å². The molecule has 1 aromatic carbocycles. The zero-order valence-electron chi connectivity index (χ0n) is 8.09. The third-order valence-electron chi connectivity index (χ3n) is 2.64. The summed E-state index contributed by atoms with van der Waals surface area (Å²) < 4.78 is 25.9. The van der Waals surface area contributed by atoms with E-state index in [0.717, 1.165) is 12.5 Å². The topological polar surface area (TPSA) is 29.1 Å². The van der Waals surface area contributed by atoms with Gasteiger partial charge in [-0.05, 0) is 24.5 Å². The summed E-state index contributed by atoms with van der Waals surface area (Å²) in [5, 5.41) is 2.69. The van der Waals surface area contributed by atoms with E-state index in [4.69, 9.17) is 0 Å². The lowest BCUT2D eigenvalue weighted by molar-refractivity contribution is -0.122. The highest BCUT2D eigenvalue weighted by Crippen LogP contribution is 2.19. The Bertz CT molecular complexity index is 392. The standard InChI is InChI=1S/C11H11F2NO/c12-9-2-1-7(10(13)6-9)5-8-3-4-14-11(8)15/h1-2,6,8H,3-5H2,(H,14,15). The molecule has 1 unspecified atom stereocenters. The molecule has 1 aliphatic rings. The van der Waals surface area contributed by atoms with Gasteiger partial charge in [0.15, 0.2) is 0 Å². The van der Waals surface area contributed by atoms with Gasteiger partial charge in [-0.3, -0.25) is 4.79 Å². The summed E-state index contributed by atoms with van der Waals surface area (Å²) in [6.07, 6.45) is 1.06. The highest BCUT2D eigenvalue weighted by molar-refractivity contribution is 5.80. The summed E-state index contributed by atoms with van der Waals surface area (Å²) in [5.41, 5.74) is 0.401. The SMILES string of the molecule is O=C1NCCC1Cc1ccc(F)cc1F. The van der Waals surface area contributed by atoms with Crippen LogP contribution >= 0.6 is 0 Å². The first-order chi connectivity index (χ1) is 7.16. The molecular weight excluding hydrogens is 200 g/mol. The van der Waals surface area contributed by atoms with Gasteiger partial charge in [-0.15, -0.1) is 0 Å². The van der Waals surface area contributed by atoms with Gasteiger partial charge in [0.05, 0.1) is 0 Å². The molecule has 1 fully saturated rings. The number of carbonyl (C=O) groups excluding carboxylic acids is 1. The quantitative estimate of drug-likeness (QED) is 0.791. The molecule has 15 heavy (non-hydrogen) atoms.